The van der Waals surface area contributed by atoms with E-state index in [1.54, 1.807) is 0 Å². The summed E-state index contributed by atoms with van der Waals surface area (Å²) >= 11 is 0. The lowest BCUT2D eigenvalue weighted by molar-refractivity contribution is -0.116. The molecule has 0 heterocycles. The van der Waals surface area contributed by atoms with Crippen LogP contribution in [0.1, 0.15) is 17.5 Å². The number of benzene rings is 3. The van der Waals surface area contributed by atoms with E-state index in [4.69, 9.17) is 10.5 Å². The van der Waals surface area contributed by atoms with Crippen molar-refractivity contribution in [3.05, 3.63) is 90.0 Å². The first-order valence-corrected chi connectivity index (χ1v) is 9.11. The fourth-order valence-electron chi connectivity index (χ4n) is 2.83. The number of aryl methyl sites for hydroxylation is 1. The molecule has 0 spiro atoms. The molecule has 0 aromatic heterocycles. The second-order valence-corrected chi connectivity index (χ2v) is 6.36. The summed E-state index contributed by atoms with van der Waals surface area (Å²) in [6.45, 7) is 0.592. The predicted molar refractivity (Wildman–Crippen MR) is 110 cm³/mol. The van der Waals surface area contributed by atoms with Crippen molar-refractivity contribution in [2.45, 2.75) is 19.3 Å². The number of ether oxygens (including phenoxy) is 1. The van der Waals surface area contributed by atoms with Crippen LogP contribution in [0.25, 0.3) is 0 Å². The molecule has 27 heavy (non-hydrogen) atoms. The minimum atomic E-state index is -0.0420. The first-order chi connectivity index (χ1) is 13.2. The predicted octanol–water partition coefficient (Wildman–Crippen LogP) is 4.46. The number of hydrogen-bond acceptors (Lipinski definition) is 3. The molecule has 0 unspecified atom stereocenters. The normalized spacial score (nSPS) is 10.4. The summed E-state index contributed by atoms with van der Waals surface area (Å²) in [7, 11) is 0. The van der Waals surface area contributed by atoms with Crippen molar-refractivity contribution >= 4 is 17.3 Å². The second kappa shape index (κ2) is 9.43. The van der Waals surface area contributed by atoms with Crippen LogP contribution in [0, 0.1) is 0 Å². The molecule has 0 atom stereocenters. The van der Waals surface area contributed by atoms with Gasteiger partial charge in [0.1, 0.15) is 5.75 Å². The Kier molecular flexibility index (Phi) is 6.47. The lowest BCUT2D eigenvalue weighted by Crippen LogP contribution is -2.13. The van der Waals surface area contributed by atoms with Gasteiger partial charge in [0.05, 0.1) is 6.61 Å². The number of anilines is 2. The van der Waals surface area contributed by atoms with Crippen LogP contribution < -0.4 is 15.8 Å². The van der Waals surface area contributed by atoms with Crippen LogP contribution in [0.15, 0.2) is 78.9 Å². The Hall–Kier alpha value is -3.27. The molecule has 0 aliphatic heterocycles. The third-order valence-electron chi connectivity index (χ3n) is 4.30. The minimum Gasteiger partial charge on any atom is -0.493 e. The third-order valence-corrected chi connectivity index (χ3v) is 4.30. The maximum absolute atomic E-state index is 12.2. The van der Waals surface area contributed by atoms with E-state index in [-0.39, 0.29) is 5.91 Å². The van der Waals surface area contributed by atoms with Crippen molar-refractivity contribution in [1.29, 1.82) is 0 Å². The van der Waals surface area contributed by atoms with Crippen molar-refractivity contribution in [2.75, 3.05) is 17.7 Å². The molecule has 3 rings (SSSR count). The molecule has 1 amide bonds. The van der Waals surface area contributed by atoms with Crippen molar-refractivity contribution < 1.29 is 9.53 Å². The average molecular weight is 360 g/mol. The molecule has 0 aliphatic carbocycles. The molecule has 3 aromatic rings. The highest BCUT2D eigenvalue weighted by molar-refractivity contribution is 5.91. The van der Waals surface area contributed by atoms with Gasteiger partial charge in [0.2, 0.25) is 5.91 Å². The van der Waals surface area contributed by atoms with Gasteiger partial charge in [0.15, 0.2) is 0 Å². The van der Waals surface area contributed by atoms with E-state index < -0.39 is 0 Å². The fraction of sp³-hybridized carbons (Fsp3) is 0.174. The number of para-hydroxylation sites is 1. The molecule has 3 N–H and O–H groups in total. The average Bonchev–Trinajstić information content (AvgIpc) is 2.68. The molecule has 0 bridgehead atoms. The summed E-state index contributed by atoms with van der Waals surface area (Å²) in [5, 5.41) is 2.92. The van der Waals surface area contributed by atoms with E-state index in [0.29, 0.717) is 19.4 Å². The van der Waals surface area contributed by atoms with Crippen molar-refractivity contribution in [3.63, 3.8) is 0 Å². The number of amides is 1. The van der Waals surface area contributed by atoms with Crippen LogP contribution >= 0.6 is 0 Å². The molecule has 4 nitrogen and oxygen atoms in total. The smallest absolute Gasteiger partial charge is 0.224 e. The van der Waals surface area contributed by atoms with Crippen LogP contribution in [0.3, 0.4) is 0 Å². The van der Waals surface area contributed by atoms with Gasteiger partial charge in [-0.2, -0.15) is 0 Å². The monoisotopic (exact) mass is 360 g/mol. The Morgan fingerprint density at radius 1 is 0.889 bits per heavy atom. The lowest BCUT2D eigenvalue weighted by atomic mass is 10.1. The summed E-state index contributed by atoms with van der Waals surface area (Å²) in [5.74, 6) is 0.704. The molecular weight excluding hydrogens is 336 g/mol. The van der Waals surface area contributed by atoms with E-state index in [0.717, 1.165) is 29.1 Å². The van der Waals surface area contributed by atoms with Crippen LogP contribution in [0.4, 0.5) is 11.4 Å². The van der Waals surface area contributed by atoms with E-state index >= 15 is 0 Å². The second-order valence-electron chi connectivity index (χ2n) is 6.36. The maximum atomic E-state index is 12.2. The number of rotatable bonds is 8. The highest BCUT2D eigenvalue weighted by Crippen LogP contribution is 2.19. The molecule has 3 aromatic carbocycles. The zero-order valence-electron chi connectivity index (χ0n) is 15.2. The number of carbonyl (C=O) groups is 1. The largest absolute Gasteiger partial charge is 0.493 e. The van der Waals surface area contributed by atoms with E-state index in [9.17, 15) is 4.79 Å². The molecular formula is C23H24N2O2. The molecule has 138 valence electrons. The zero-order chi connectivity index (χ0) is 18.9. The van der Waals surface area contributed by atoms with E-state index in [1.165, 1.54) is 5.56 Å². The van der Waals surface area contributed by atoms with Crippen LogP contribution in [0.5, 0.6) is 5.75 Å². The Balaban J connectivity index is 1.48. The summed E-state index contributed by atoms with van der Waals surface area (Å²) in [5.41, 5.74) is 9.60. The number of nitrogens with two attached hydrogens (primary N) is 1. The van der Waals surface area contributed by atoms with Gasteiger partial charge < -0.3 is 15.8 Å². The van der Waals surface area contributed by atoms with Gasteiger partial charge in [-0.3, -0.25) is 4.79 Å². The highest BCUT2D eigenvalue weighted by Gasteiger charge is 2.06. The zero-order valence-corrected chi connectivity index (χ0v) is 15.2. The quantitative estimate of drug-likeness (QED) is 0.583. The maximum Gasteiger partial charge on any atom is 0.224 e. The highest BCUT2D eigenvalue weighted by atomic mass is 16.5. The lowest BCUT2D eigenvalue weighted by Gasteiger charge is -2.10. The number of nitrogen functional groups attached to an aromatic ring is 1. The Morgan fingerprint density at radius 2 is 1.67 bits per heavy atom. The fourth-order valence-corrected chi connectivity index (χ4v) is 2.83. The number of nitrogens with one attached hydrogen (secondary N) is 1. The van der Waals surface area contributed by atoms with Crippen LogP contribution in [-0.4, -0.2) is 12.5 Å². The summed E-state index contributed by atoms with van der Waals surface area (Å²) in [6.07, 6.45) is 1.84. The van der Waals surface area contributed by atoms with Crippen LogP contribution in [-0.2, 0) is 17.6 Å². The standard InChI is InChI=1S/C23H24N2O2/c24-22-12-5-4-9-19(22)13-14-23(26)25-20-10-6-11-21(17-20)27-16-15-18-7-2-1-3-8-18/h1-12,17H,13-16,24H2,(H,25,26). The molecule has 0 saturated carbocycles. The van der Waals surface area contributed by atoms with E-state index in [2.05, 4.69) is 17.4 Å². The Bertz CT molecular complexity index is 878. The Labute approximate surface area is 160 Å². The van der Waals surface area contributed by atoms with Gasteiger partial charge in [-0.25, -0.2) is 0 Å². The van der Waals surface area contributed by atoms with Gasteiger partial charge in [-0.05, 0) is 35.7 Å². The Morgan fingerprint density at radius 3 is 2.48 bits per heavy atom. The summed E-state index contributed by atoms with van der Waals surface area (Å²) < 4.78 is 5.81. The van der Waals surface area contributed by atoms with Gasteiger partial charge in [-0.15, -0.1) is 0 Å². The topological polar surface area (TPSA) is 64.4 Å². The van der Waals surface area contributed by atoms with Gasteiger partial charge in [-0.1, -0.05) is 54.6 Å². The van der Waals surface area contributed by atoms with Crippen LogP contribution in [0.2, 0.25) is 0 Å². The third kappa shape index (κ3) is 5.89. The molecule has 0 aliphatic rings. The van der Waals surface area contributed by atoms with Crippen molar-refractivity contribution in [2.24, 2.45) is 0 Å². The minimum absolute atomic E-state index is 0.0420. The van der Waals surface area contributed by atoms with Gasteiger partial charge in [0, 0.05) is 30.3 Å². The summed E-state index contributed by atoms with van der Waals surface area (Å²) in [4.78, 5) is 12.2. The van der Waals surface area contributed by atoms with E-state index in [1.807, 2.05) is 66.7 Å². The number of hydrogen-bond donors (Lipinski definition) is 2. The van der Waals surface area contributed by atoms with Crippen molar-refractivity contribution in [1.82, 2.24) is 0 Å². The number of carbonyl (C=O) groups excluding carboxylic acids is 1. The SMILES string of the molecule is Nc1ccccc1CCC(=O)Nc1cccc(OCCc2ccccc2)c1. The molecule has 4 heteroatoms. The summed E-state index contributed by atoms with van der Waals surface area (Å²) in [6, 6.07) is 25.3. The van der Waals surface area contributed by atoms with Gasteiger partial charge >= 0.3 is 0 Å². The first-order valence-electron chi connectivity index (χ1n) is 9.11. The first kappa shape index (κ1) is 18.5. The molecule has 0 fully saturated rings. The van der Waals surface area contributed by atoms with Crippen molar-refractivity contribution in [3.8, 4) is 5.75 Å². The molecule has 0 radical (unpaired) electrons. The molecule has 0 saturated heterocycles. The van der Waals surface area contributed by atoms with Gasteiger partial charge in [0.25, 0.3) is 0 Å².